The van der Waals surface area contributed by atoms with Crippen LogP contribution in [0.15, 0.2) is 12.7 Å². The second-order valence-corrected chi connectivity index (χ2v) is 7.57. The molecule has 0 bridgehead atoms. The standard InChI is InChI=1S/C17H20F8O4/c1-3-11(26)28-13(10-7-5-4-6-8-10)9-12(2,16(20,21)22)29-15(27,14(13,18)19)17(23,24)25/h3,10,27H,1,4-9H2,2H3. The van der Waals surface area contributed by atoms with Crippen molar-refractivity contribution in [2.24, 2.45) is 5.92 Å². The third kappa shape index (κ3) is 3.51. The van der Waals surface area contributed by atoms with Gasteiger partial charge in [0.2, 0.25) is 0 Å². The predicted molar refractivity (Wildman–Crippen MR) is 81.7 cm³/mol. The number of aliphatic hydroxyl groups is 1. The zero-order valence-corrected chi connectivity index (χ0v) is 15.3. The summed E-state index contributed by atoms with van der Waals surface area (Å²) >= 11 is 0. The highest BCUT2D eigenvalue weighted by Crippen LogP contribution is 2.63. The molecule has 2 fully saturated rings. The fourth-order valence-electron chi connectivity index (χ4n) is 4.09. The Balaban J connectivity index is 2.81. The molecule has 1 N–H and O–H groups in total. The average molecular weight is 440 g/mol. The summed E-state index contributed by atoms with van der Waals surface area (Å²) in [6.07, 6.45) is -12.9. The molecule has 0 aromatic heterocycles. The van der Waals surface area contributed by atoms with E-state index in [-0.39, 0.29) is 32.6 Å². The summed E-state index contributed by atoms with van der Waals surface area (Å²) < 4.78 is 120. The minimum Gasteiger partial charge on any atom is -0.449 e. The first-order valence-corrected chi connectivity index (χ1v) is 8.77. The molecule has 1 aliphatic carbocycles. The quantitative estimate of drug-likeness (QED) is 0.394. The molecule has 0 spiro atoms. The Morgan fingerprint density at radius 3 is 2.03 bits per heavy atom. The van der Waals surface area contributed by atoms with Gasteiger partial charge in [-0.25, -0.2) is 4.79 Å². The maximum Gasteiger partial charge on any atom is 0.449 e. The minimum absolute atomic E-state index is 0.109. The van der Waals surface area contributed by atoms with Gasteiger partial charge >= 0.3 is 30.0 Å². The summed E-state index contributed by atoms with van der Waals surface area (Å²) in [6.45, 7) is 3.07. The van der Waals surface area contributed by atoms with Crippen molar-refractivity contribution in [3.05, 3.63) is 12.7 Å². The molecular formula is C17H20F8O4. The molecule has 1 heterocycles. The highest BCUT2D eigenvalue weighted by atomic mass is 19.4. The third-order valence-corrected chi connectivity index (χ3v) is 5.63. The molecule has 3 unspecified atom stereocenters. The first kappa shape index (κ1) is 23.8. The van der Waals surface area contributed by atoms with Gasteiger partial charge in [0.15, 0.2) is 11.2 Å². The van der Waals surface area contributed by atoms with E-state index in [1.807, 2.05) is 0 Å². The van der Waals surface area contributed by atoms with Gasteiger partial charge < -0.3 is 14.6 Å². The van der Waals surface area contributed by atoms with Crippen LogP contribution in [-0.4, -0.2) is 46.3 Å². The first-order chi connectivity index (χ1) is 13.0. The highest BCUT2D eigenvalue weighted by Gasteiger charge is 2.87. The van der Waals surface area contributed by atoms with Crippen LogP contribution in [-0.2, 0) is 14.3 Å². The van der Waals surface area contributed by atoms with E-state index in [1.54, 1.807) is 0 Å². The van der Waals surface area contributed by atoms with E-state index in [0.717, 1.165) is 0 Å². The summed E-state index contributed by atoms with van der Waals surface area (Å²) in [5, 5.41) is 9.87. The number of halogens is 8. The van der Waals surface area contributed by atoms with Gasteiger partial charge in [-0.15, -0.1) is 0 Å². The number of hydrogen-bond acceptors (Lipinski definition) is 4. The average Bonchev–Trinajstić information content (AvgIpc) is 2.58. The molecule has 12 heteroatoms. The Morgan fingerprint density at radius 2 is 1.62 bits per heavy atom. The van der Waals surface area contributed by atoms with Gasteiger partial charge in [0.1, 0.15) is 0 Å². The lowest BCUT2D eigenvalue weighted by atomic mass is 9.64. The van der Waals surface area contributed by atoms with Gasteiger partial charge in [0, 0.05) is 18.4 Å². The van der Waals surface area contributed by atoms with Crippen LogP contribution in [0.25, 0.3) is 0 Å². The SMILES string of the molecule is C=CC(=O)OC1(C2CCCCC2)CC(C)(C(F)(F)F)OC(O)(C(F)(F)F)C1(F)F. The number of ether oxygens (including phenoxy) is 2. The van der Waals surface area contributed by atoms with Crippen molar-refractivity contribution in [3.8, 4) is 0 Å². The van der Waals surface area contributed by atoms with Crippen LogP contribution in [0.5, 0.6) is 0 Å². The number of carbonyl (C=O) groups excluding carboxylic acids is 1. The number of esters is 1. The Morgan fingerprint density at radius 1 is 1.10 bits per heavy atom. The van der Waals surface area contributed by atoms with Crippen molar-refractivity contribution in [1.29, 1.82) is 0 Å². The van der Waals surface area contributed by atoms with Crippen LogP contribution in [0.1, 0.15) is 45.4 Å². The second-order valence-electron chi connectivity index (χ2n) is 7.57. The summed E-state index contributed by atoms with van der Waals surface area (Å²) in [7, 11) is 0. The molecule has 168 valence electrons. The van der Waals surface area contributed by atoms with E-state index in [2.05, 4.69) is 16.1 Å². The molecular weight excluding hydrogens is 420 g/mol. The predicted octanol–water partition coefficient (Wildman–Crippen LogP) is 4.66. The zero-order valence-electron chi connectivity index (χ0n) is 15.3. The van der Waals surface area contributed by atoms with Crippen molar-refractivity contribution in [2.45, 2.75) is 80.7 Å². The maximum atomic E-state index is 15.3. The Labute approximate surface area is 160 Å². The molecule has 3 atom stereocenters. The highest BCUT2D eigenvalue weighted by molar-refractivity contribution is 5.81. The molecule has 2 rings (SSSR count). The van der Waals surface area contributed by atoms with E-state index in [4.69, 9.17) is 0 Å². The normalized spacial score (nSPS) is 36.5. The van der Waals surface area contributed by atoms with E-state index in [1.165, 1.54) is 0 Å². The molecule has 4 nitrogen and oxygen atoms in total. The van der Waals surface area contributed by atoms with E-state index < -0.39 is 53.6 Å². The van der Waals surface area contributed by atoms with E-state index in [0.29, 0.717) is 12.5 Å². The molecule has 0 radical (unpaired) electrons. The summed E-state index contributed by atoms with van der Waals surface area (Å²) in [5.74, 6) is -14.2. The molecule has 0 aromatic carbocycles. The third-order valence-electron chi connectivity index (χ3n) is 5.63. The largest absolute Gasteiger partial charge is 0.449 e. The summed E-state index contributed by atoms with van der Waals surface area (Å²) in [5.41, 5.74) is -7.50. The van der Waals surface area contributed by atoms with Crippen LogP contribution in [0.3, 0.4) is 0 Å². The van der Waals surface area contributed by atoms with Gasteiger partial charge in [0.25, 0.3) is 0 Å². The Hall–Kier alpha value is -1.43. The van der Waals surface area contributed by atoms with Gasteiger partial charge in [-0.3, -0.25) is 0 Å². The van der Waals surface area contributed by atoms with Crippen molar-refractivity contribution in [3.63, 3.8) is 0 Å². The fourth-order valence-corrected chi connectivity index (χ4v) is 4.09. The van der Waals surface area contributed by atoms with E-state index >= 15 is 8.78 Å². The first-order valence-electron chi connectivity index (χ1n) is 8.77. The van der Waals surface area contributed by atoms with Crippen LogP contribution >= 0.6 is 0 Å². The number of carbonyl (C=O) groups is 1. The lowest BCUT2D eigenvalue weighted by Gasteiger charge is -2.58. The van der Waals surface area contributed by atoms with Crippen molar-refractivity contribution < 1.29 is 54.5 Å². The summed E-state index contributed by atoms with van der Waals surface area (Å²) in [6, 6.07) is 0. The van der Waals surface area contributed by atoms with E-state index in [9.17, 15) is 36.2 Å². The molecule has 0 aromatic rings. The molecule has 1 aliphatic heterocycles. The molecule has 0 amide bonds. The monoisotopic (exact) mass is 440 g/mol. The number of alkyl halides is 8. The lowest BCUT2D eigenvalue weighted by Crippen LogP contribution is -2.80. The van der Waals surface area contributed by atoms with Crippen LogP contribution in [0.2, 0.25) is 0 Å². The van der Waals surface area contributed by atoms with Crippen LogP contribution in [0.4, 0.5) is 35.1 Å². The van der Waals surface area contributed by atoms with Gasteiger partial charge in [-0.1, -0.05) is 25.8 Å². The smallest absolute Gasteiger partial charge is 0.449 e. The Kier molecular flexibility index (Phi) is 5.81. The second kappa shape index (κ2) is 7.07. The minimum atomic E-state index is -6.33. The lowest BCUT2D eigenvalue weighted by molar-refractivity contribution is -0.519. The topological polar surface area (TPSA) is 55.8 Å². The van der Waals surface area contributed by atoms with Crippen LogP contribution in [0, 0.1) is 5.92 Å². The summed E-state index contributed by atoms with van der Waals surface area (Å²) in [4.78, 5) is 11.8. The van der Waals surface area contributed by atoms with Crippen molar-refractivity contribution in [1.82, 2.24) is 0 Å². The Bertz CT molecular complexity index is 655. The van der Waals surface area contributed by atoms with Gasteiger partial charge in [0.05, 0.1) is 0 Å². The molecule has 1 saturated carbocycles. The number of rotatable bonds is 3. The van der Waals surface area contributed by atoms with Gasteiger partial charge in [-0.2, -0.15) is 35.1 Å². The van der Waals surface area contributed by atoms with Crippen LogP contribution < -0.4 is 0 Å². The van der Waals surface area contributed by atoms with Crippen molar-refractivity contribution >= 4 is 5.97 Å². The maximum absolute atomic E-state index is 15.3. The number of hydrogen-bond donors (Lipinski definition) is 1. The van der Waals surface area contributed by atoms with Crippen molar-refractivity contribution in [2.75, 3.05) is 0 Å². The molecule has 2 aliphatic rings. The fraction of sp³-hybridized carbons (Fsp3) is 0.824. The zero-order chi connectivity index (χ0) is 22.5. The molecule has 29 heavy (non-hydrogen) atoms. The molecule has 1 saturated heterocycles. The van der Waals surface area contributed by atoms with Gasteiger partial charge in [-0.05, 0) is 19.8 Å².